The van der Waals surface area contributed by atoms with E-state index >= 15 is 0 Å². The van der Waals surface area contributed by atoms with Gasteiger partial charge < -0.3 is 9.47 Å². The van der Waals surface area contributed by atoms with Crippen LogP contribution in [-0.4, -0.2) is 29.7 Å². The number of hydrogen-bond donors (Lipinski definition) is 1. The second kappa shape index (κ2) is 7.67. The van der Waals surface area contributed by atoms with Crippen molar-refractivity contribution >= 4 is 24.2 Å². The first kappa shape index (κ1) is 21.3. The van der Waals surface area contributed by atoms with E-state index in [9.17, 15) is 23.2 Å². The van der Waals surface area contributed by atoms with Crippen LogP contribution in [0.3, 0.4) is 0 Å². The van der Waals surface area contributed by atoms with E-state index in [0.717, 1.165) is 12.1 Å². The van der Waals surface area contributed by atoms with Crippen LogP contribution in [0.2, 0.25) is 0 Å². The maximum Gasteiger partial charge on any atom is 0.434 e. The lowest BCUT2D eigenvalue weighted by molar-refractivity contribution is 0.0424. The molecule has 1 aromatic rings. The SMILES string of the molecule is CC(C)(C)OC(=O)NN(C(=O)OC(C)(C)C)c1ccc(C=O)c(F)c1F. The summed E-state index contributed by atoms with van der Waals surface area (Å²) in [5.41, 5.74) is -1.02. The highest BCUT2D eigenvalue weighted by Gasteiger charge is 2.30. The Bertz CT molecular complexity index is 708. The Morgan fingerprint density at radius 1 is 1.00 bits per heavy atom. The van der Waals surface area contributed by atoms with Crippen molar-refractivity contribution in [3.05, 3.63) is 29.3 Å². The van der Waals surface area contributed by atoms with Gasteiger partial charge >= 0.3 is 12.2 Å². The van der Waals surface area contributed by atoms with Crippen LogP contribution >= 0.6 is 0 Å². The summed E-state index contributed by atoms with van der Waals surface area (Å²) in [5.74, 6) is -2.96. The molecule has 0 saturated carbocycles. The number of aldehydes is 1. The largest absolute Gasteiger partial charge is 0.443 e. The number of ether oxygens (including phenoxy) is 2. The van der Waals surface area contributed by atoms with Crippen molar-refractivity contribution in [1.29, 1.82) is 0 Å². The number of halogens is 2. The molecule has 0 spiro atoms. The molecule has 0 atom stereocenters. The van der Waals surface area contributed by atoms with Gasteiger partial charge in [-0.1, -0.05) is 0 Å². The minimum Gasteiger partial charge on any atom is -0.443 e. The summed E-state index contributed by atoms with van der Waals surface area (Å²) in [6, 6.07) is 1.93. The highest BCUT2D eigenvalue weighted by molar-refractivity contribution is 5.91. The fourth-order valence-corrected chi connectivity index (χ4v) is 1.72. The van der Waals surface area contributed by atoms with Gasteiger partial charge in [0.15, 0.2) is 17.9 Å². The predicted octanol–water partition coefficient (Wildman–Crippen LogP) is 3.96. The molecule has 0 aliphatic heterocycles. The molecule has 1 rings (SSSR count). The van der Waals surface area contributed by atoms with Crippen LogP contribution in [0.1, 0.15) is 51.9 Å². The molecule has 0 unspecified atom stereocenters. The molecule has 1 N–H and O–H groups in total. The fourth-order valence-electron chi connectivity index (χ4n) is 1.72. The number of anilines is 1. The maximum absolute atomic E-state index is 14.3. The standard InChI is InChI=1S/C17H22F2N2O5/c1-16(2,3)25-14(23)20-21(15(24)26-17(4,5)6)11-8-7-10(9-22)12(18)13(11)19/h7-9H,1-6H3,(H,20,23). The minimum absolute atomic E-state index is 0.126. The van der Waals surface area contributed by atoms with Crippen molar-refractivity contribution in [3.63, 3.8) is 0 Å². The summed E-state index contributed by atoms with van der Waals surface area (Å²) >= 11 is 0. The van der Waals surface area contributed by atoms with Gasteiger partial charge in [0.2, 0.25) is 0 Å². The molecule has 0 heterocycles. The summed E-state index contributed by atoms with van der Waals surface area (Å²) in [4.78, 5) is 35.0. The molecule has 0 bridgehead atoms. The third-order valence-corrected chi connectivity index (χ3v) is 2.64. The van der Waals surface area contributed by atoms with Crippen LogP contribution in [0.15, 0.2) is 12.1 Å². The van der Waals surface area contributed by atoms with Crippen LogP contribution in [-0.2, 0) is 9.47 Å². The lowest BCUT2D eigenvalue weighted by Gasteiger charge is -2.29. The highest BCUT2D eigenvalue weighted by atomic mass is 19.2. The van der Waals surface area contributed by atoms with Crippen molar-refractivity contribution in [2.24, 2.45) is 0 Å². The number of carbonyl (C=O) groups is 3. The molecule has 2 amide bonds. The molecule has 1 aromatic carbocycles. The van der Waals surface area contributed by atoms with Crippen molar-refractivity contribution in [3.8, 4) is 0 Å². The van der Waals surface area contributed by atoms with E-state index in [1.165, 1.54) is 0 Å². The quantitative estimate of drug-likeness (QED) is 0.627. The van der Waals surface area contributed by atoms with E-state index in [2.05, 4.69) is 0 Å². The van der Waals surface area contributed by atoms with Gasteiger partial charge in [0, 0.05) is 0 Å². The average molecular weight is 372 g/mol. The second-order valence-corrected chi connectivity index (χ2v) is 7.35. The molecular formula is C17H22F2N2O5. The third-order valence-electron chi connectivity index (χ3n) is 2.64. The van der Waals surface area contributed by atoms with Gasteiger partial charge in [0.1, 0.15) is 16.9 Å². The van der Waals surface area contributed by atoms with E-state index in [1.807, 2.05) is 5.43 Å². The van der Waals surface area contributed by atoms with Crippen LogP contribution in [0, 0.1) is 11.6 Å². The van der Waals surface area contributed by atoms with Crippen molar-refractivity contribution in [1.82, 2.24) is 5.43 Å². The number of benzene rings is 1. The topological polar surface area (TPSA) is 84.9 Å². The Labute approximate surface area is 150 Å². The summed E-state index contributed by atoms with van der Waals surface area (Å²) < 4.78 is 38.3. The lowest BCUT2D eigenvalue weighted by atomic mass is 10.2. The van der Waals surface area contributed by atoms with Gasteiger partial charge in [-0.15, -0.1) is 0 Å². The molecule has 144 valence electrons. The number of nitrogens with one attached hydrogen (secondary N) is 1. The second-order valence-electron chi connectivity index (χ2n) is 7.35. The zero-order valence-electron chi connectivity index (χ0n) is 15.5. The van der Waals surface area contributed by atoms with Gasteiger partial charge in [0.05, 0.1) is 5.56 Å². The highest BCUT2D eigenvalue weighted by Crippen LogP contribution is 2.24. The molecular weight excluding hydrogens is 350 g/mol. The maximum atomic E-state index is 14.3. The van der Waals surface area contributed by atoms with Crippen molar-refractivity contribution in [2.75, 3.05) is 5.01 Å². The Morgan fingerprint density at radius 2 is 1.54 bits per heavy atom. The van der Waals surface area contributed by atoms with Crippen LogP contribution in [0.25, 0.3) is 0 Å². The first-order chi connectivity index (χ1) is 11.7. The third kappa shape index (κ3) is 5.98. The molecule has 0 saturated heterocycles. The number of hydrazine groups is 1. The molecule has 0 radical (unpaired) electrons. The Hall–Kier alpha value is -2.71. The monoisotopic (exact) mass is 372 g/mol. The number of nitrogens with zero attached hydrogens (tertiary/aromatic N) is 1. The number of hydrogen-bond acceptors (Lipinski definition) is 5. The zero-order chi connectivity index (χ0) is 20.3. The van der Waals surface area contributed by atoms with Gasteiger partial charge in [0.25, 0.3) is 0 Å². The van der Waals surface area contributed by atoms with E-state index in [4.69, 9.17) is 9.47 Å². The summed E-state index contributed by atoms with van der Waals surface area (Å²) in [6.07, 6.45) is -2.12. The summed E-state index contributed by atoms with van der Waals surface area (Å²) in [5, 5.41) is 0.381. The minimum atomic E-state index is -1.50. The van der Waals surface area contributed by atoms with Gasteiger partial charge in [-0.3, -0.25) is 4.79 Å². The van der Waals surface area contributed by atoms with E-state index < -0.39 is 46.3 Å². The normalized spacial score (nSPS) is 11.5. The van der Waals surface area contributed by atoms with Crippen LogP contribution < -0.4 is 10.4 Å². The molecule has 0 aromatic heterocycles. The molecule has 7 nitrogen and oxygen atoms in total. The van der Waals surface area contributed by atoms with E-state index in [-0.39, 0.29) is 6.29 Å². The van der Waals surface area contributed by atoms with Crippen LogP contribution in [0.4, 0.5) is 24.1 Å². The van der Waals surface area contributed by atoms with E-state index in [1.54, 1.807) is 41.5 Å². The average Bonchev–Trinajstić information content (AvgIpc) is 2.44. The molecule has 0 aliphatic rings. The Morgan fingerprint density at radius 3 is 2.00 bits per heavy atom. The molecule has 0 aliphatic carbocycles. The Balaban J connectivity index is 3.28. The van der Waals surface area contributed by atoms with Crippen molar-refractivity contribution in [2.45, 2.75) is 52.7 Å². The summed E-state index contributed by atoms with van der Waals surface area (Å²) in [7, 11) is 0. The molecule has 0 fully saturated rings. The van der Waals surface area contributed by atoms with Crippen molar-refractivity contribution < 1.29 is 32.6 Å². The lowest BCUT2D eigenvalue weighted by Crippen LogP contribution is -2.50. The predicted molar refractivity (Wildman–Crippen MR) is 89.8 cm³/mol. The first-order valence-corrected chi connectivity index (χ1v) is 7.71. The number of rotatable bonds is 2. The molecule has 9 heteroatoms. The smallest absolute Gasteiger partial charge is 0.434 e. The first-order valence-electron chi connectivity index (χ1n) is 7.71. The van der Waals surface area contributed by atoms with Crippen LogP contribution in [0.5, 0.6) is 0 Å². The number of carbonyl (C=O) groups excluding carboxylic acids is 3. The molecule has 26 heavy (non-hydrogen) atoms. The van der Waals surface area contributed by atoms with Gasteiger partial charge in [-0.2, -0.15) is 5.01 Å². The van der Waals surface area contributed by atoms with E-state index in [0.29, 0.717) is 5.01 Å². The Kier molecular flexibility index (Phi) is 6.29. The van der Waals surface area contributed by atoms with Gasteiger partial charge in [-0.05, 0) is 53.7 Å². The zero-order valence-corrected chi connectivity index (χ0v) is 15.5. The fraction of sp³-hybridized carbons (Fsp3) is 0.471. The number of amides is 2. The summed E-state index contributed by atoms with van der Waals surface area (Å²) in [6.45, 7) is 9.44. The van der Waals surface area contributed by atoms with Gasteiger partial charge in [-0.25, -0.2) is 23.8 Å².